The van der Waals surface area contributed by atoms with E-state index < -0.39 is 5.91 Å². The zero-order chi connectivity index (χ0) is 21.4. The Morgan fingerprint density at radius 2 is 1.93 bits per heavy atom. The number of aryl methyl sites for hydroxylation is 2. The molecule has 158 valence electrons. The molecule has 2 heterocycles. The molecule has 1 aliphatic carbocycles. The molecule has 1 amide bonds. The first-order valence-electron chi connectivity index (χ1n) is 10.3. The highest BCUT2D eigenvalue weighted by molar-refractivity contribution is 6.53. The van der Waals surface area contributed by atoms with Gasteiger partial charge in [-0.05, 0) is 58.7 Å². The molecular weight excluding hydrogens is 380 g/mol. The Morgan fingerprint density at radius 3 is 2.63 bits per heavy atom. The standard InChI is InChI=1S/C22H28N6O2/c1-11-4-9-16-15(10-11)12(2)20(30-16)19(17-18(23)22(29)28-27-21(17)24)26-14-7-5-13(25-3)6-8-14/h4,9-10,13-14,23,25-26H,5-8H2,1-3H3,(H2,24,27)(H,28,29)/b19-17+,23-18?. The first-order valence-corrected chi connectivity index (χ1v) is 10.3. The Labute approximate surface area is 175 Å². The Morgan fingerprint density at radius 1 is 1.23 bits per heavy atom. The van der Waals surface area contributed by atoms with Crippen molar-refractivity contribution in [3.05, 3.63) is 40.7 Å². The topological polar surface area (TPSA) is 129 Å². The van der Waals surface area contributed by atoms with Crippen molar-refractivity contribution in [2.45, 2.75) is 51.6 Å². The van der Waals surface area contributed by atoms with Crippen LogP contribution in [0.2, 0.25) is 0 Å². The number of hydrazone groups is 1. The minimum Gasteiger partial charge on any atom is -0.454 e. The van der Waals surface area contributed by atoms with Crippen molar-refractivity contribution in [2.75, 3.05) is 7.05 Å². The molecule has 1 aromatic carbocycles. The number of hydrogen-bond acceptors (Lipinski definition) is 7. The Kier molecular flexibility index (Phi) is 5.34. The smallest absolute Gasteiger partial charge is 0.290 e. The van der Waals surface area contributed by atoms with E-state index in [4.69, 9.17) is 15.6 Å². The second kappa shape index (κ2) is 7.95. The average Bonchev–Trinajstić information content (AvgIpc) is 3.06. The third kappa shape index (κ3) is 3.59. The maximum absolute atomic E-state index is 12.2. The lowest BCUT2D eigenvalue weighted by Gasteiger charge is -2.31. The molecule has 30 heavy (non-hydrogen) atoms. The summed E-state index contributed by atoms with van der Waals surface area (Å²) in [7, 11) is 1.99. The minimum atomic E-state index is -0.581. The summed E-state index contributed by atoms with van der Waals surface area (Å²) >= 11 is 0. The van der Waals surface area contributed by atoms with Crippen molar-refractivity contribution in [3.63, 3.8) is 0 Å². The molecule has 4 rings (SSSR count). The number of carbonyl (C=O) groups is 1. The number of nitrogens with two attached hydrogens (primary N) is 1. The highest BCUT2D eigenvalue weighted by Gasteiger charge is 2.31. The van der Waals surface area contributed by atoms with Gasteiger partial charge in [-0.1, -0.05) is 11.6 Å². The van der Waals surface area contributed by atoms with Crippen LogP contribution in [0.3, 0.4) is 0 Å². The van der Waals surface area contributed by atoms with Crippen LogP contribution < -0.4 is 21.8 Å². The van der Waals surface area contributed by atoms with Crippen LogP contribution in [-0.4, -0.2) is 36.6 Å². The number of benzene rings is 1. The third-order valence-corrected chi connectivity index (χ3v) is 6.06. The van der Waals surface area contributed by atoms with Crippen molar-refractivity contribution in [3.8, 4) is 0 Å². The molecule has 0 atom stereocenters. The van der Waals surface area contributed by atoms with E-state index in [9.17, 15) is 4.79 Å². The molecule has 1 fully saturated rings. The van der Waals surface area contributed by atoms with Gasteiger partial charge in [0.25, 0.3) is 5.91 Å². The molecule has 1 saturated carbocycles. The number of furan rings is 1. The van der Waals surface area contributed by atoms with E-state index in [1.165, 1.54) is 0 Å². The molecule has 8 nitrogen and oxygen atoms in total. The SMILES string of the molecule is CNC1CCC(N/C(=C2\C(=N)C(=O)NN=C2N)c2oc3ccc(C)cc3c2C)CC1. The Bertz CT molecular complexity index is 1070. The maximum Gasteiger partial charge on any atom is 0.290 e. The number of nitrogens with zero attached hydrogens (tertiary/aromatic N) is 1. The van der Waals surface area contributed by atoms with E-state index in [0.717, 1.165) is 47.8 Å². The van der Waals surface area contributed by atoms with Gasteiger partial charge in [-0.3, -0.25) is 10.2 Å². The molecule has 8 heteroatoms. The lowest BCUT2D eigenvalue weighted by atomic mass is 9.90. The van der Waals surface area contributed by atoms with Gasteiger partial charge in [-0.25, -0.2) is 5.43 Å². The second-order valence-electron chi connectivity index (χ2n) is 8.10. The summed E-state index contributed by atoms with van der Waals surface area (Å²) in [5.41, 5.74) is 11.9. The highest BCUT2D eigenvalue weighted by atomic mass is 16.3. The van der Waals surface area contributed by atoms with Crippen LogP contribution in [0, 0.1) is 19.3 Å². The van der Waals surface area contributed by atoms with Crippen molar-refractivity contribution >= 4 is 34.1 Å². The summed E-state index contributed by atoms with van der Waals surface area (Å²) in [5, 5.41) is 20.2. The summed E-state index contributed by atoms with van der Waals surface area (Å²) in [4.78, 5) is 12.2. The van der Waals surface area contributed by atoms with Crippen LogP contribution in [0.25, 0.3) is 16.7 Å². The van der Waals surface area contributed by atoms with Crippen molar-refractivity contribution in [1.82, 2.24) is 16.1 Å². The lowest BCUT2D eigenvalue weighted by molar-refractivity contribution is -0.114. The summed E-state index contributed by atoms with van der Waals surface area (Å²) in [6, 6.07) is 6.73. The first kappa shape index (κ1) is 20.2. The first-order chi connectivity index (χ1) is 14.4. The molecule has 2 aliphatic rings. The molecule has 1 aliphatic heterocycles. The average molecular weight is 409 g/mol. The van der Waals surface area contributed by atoms with Gasteiger partial charge in [-0.2, -0.15) is 5.10 Å². The van der Waals surface area contributed by atoms with E-state index in [1.807, 2.05) is 33.0 Å². The van der Waals surface area contributed by atoms with Gasteiger partial charge in [0.05, 0.1) is 11.3 Å². The summed E-state index contributed by atoms with van der Waals surface area (Å²) in [6.45, 7) is 4.02. The normalized spacial score (nSPS) is 23.9. The molecule has 0 unspecified atom stereocenters. The van der Waals surface area contributed by atoms with Gasteiger partial charge < -0.3 is 20.8 Å². The van der Waals surface area contributed by atoms with Gasteiger partial charge in [0, 0.05) is 23.0 Å². The van der Waals surface area contributed by atoms with Gasteiger partial charge in [0.15, 0.2) is 11.6 Å². The molecule has 0 radical (unpaired) electrons. The van der Waals surface area contributed by atoms with Gasteiger partial charge in [0.2, 0.25) is 0 Å². The van der Waals surface area contributed by atoms with Crippen LogP contribution in [-0.2, 0) is 4.79 Å². The molecule has 0 spiro atoms. The summed E-state index contributed by atoms with van der Waals surface area (Å²) < 4.78 is 6.21. The van der Waals surface area contributed by atoms with Crippen molar-refractivity contribution in [1.29, 1.82) is 5.41 Å². The minimum absolute atomic E-state index is 0.0991. The van der Waals surface area contributed by atoms with Gasteiger partial charge in [0.1, 0.15) is 11.3 Å². The van der Waals surface area contributed by atoms with Crippen molar-refractivity contribution in [2.24, 2.45) is 10.8 Å². The molecule has 0 bridgehead atoms. The molecular formula is C22H28N6O2. The zero-order valence-electron chi connectivity index (χ0n) is 17.6. The fourth-order valence-corrected chi connectivity index (χ4v) is 4.27. The predicted octanol–water partition coefficient (Wildman–Crippen LogP) is 2.30. The second-order valence-corrected chi connectivity index (χ2v) is 8.10. The summed E-state index contributed by atoms with van der Waals surface area (Å²) in [6.07, 6.45) is 4.04. The van der Waals surface area contributed by atoms with Gasteiger partial charge in [-0.15, -0.1) is 0 Å². The Hall–Kier alpha value is -3.13. The lowest BCUT2D eigenvalue weighted by Crippen LogP contribution is -2.43. The number of amidine groups is 1. The number of carbonyl (C=O) groups excluding carboxylic acids is 1. The quantitative estimate of drug-likeness (QED) is 0.530. The van der Waals surface area contributed by atoms with Crippen LogP contribution in [0.4, 0.5) is 0 Å². The molecule has 6 N–H and O–H groups in total. The molecule has 1 aromatic heterocycles. The van der Waals surface area contributed by atoms with Gasteiger partial charge >= 0.3 is 0 Å². The van der Waals surface area contributed by atoms with Crippen LogP contribution in [0.15, 0.2) is 33.3 Å². The van der Waals surface area contributed by atoms with Crippen LogP contribution >= 0.6 is 0 Å². The zero-order valence-corrected chi connectivity index (χ0v) is 17.6. The number of hydrogen-bond donors (Lipinski definition) is 5. The fourth-order valence-electron chi connectivity index (χ4n) is 4.27. The molecule has 0 saturated heterocycles. The van der Waals surface area contributed by atoms with Crippen LogP contribution in [0.1, 0.15) is 42.6 Å². The number of nitrogens with one attached hydrogen (secondary N) is 4. The number of rotatable bonds is 4. The number of fused-ring (bicyclic) bond motifs is 1. The Balaban J connectivity index is 1.83. The monoisotopic (exact) mass is 408 g/mol. The number of amides is 1. The van der Waals surface area contributed by atoms with E-state index in [0.29, 0.717) is 17.5 Å². The van der Waals surface area contributed by atoms with Crippen LogP contribution in [0.5, 0.6) is 0 Å². The van der Waals surface area contributed by atoms with E-state index >= 15 is 0 Å². The fraction of sp³-hybridized carbons (Fsp3) is 0.409. The predicted molar refractivity (Wildman–Crippen MR) is 118 cm³/mol. The maximum atomic E-state index is 12.2. The van der Waals surface area contributed by atoms with E-state index in [1.54, 1.807) is 0 Å². The van der Waals surface area contributed by atoms with E-state index in [-0.39, 0.29) is 23.2 Å². The largest absolute Gasteiger partial charge is 0.454 e. The highest BCUT2D eigenvalue weighted by Crippen LogP contribution is 2.33. The molecule has 2 aromatic rings. The third-order valence-electron chi connectivity index (χ3n) is 6.06. The summed E-state index contributed by atoms with van der Waals surface area (Å²) in [5.74, 6) is 0.114. The van der Waals surface area contributed by atoms with E-state index in [2.05, 4.69) is 27.2 Å². The van der Waals surface area contributed by atoms with Crippen molar-refractivity contribution < 1.29 is 9.21 Å².